The van der Waals surface area contributed by atoms with Crippen molar-refractivity contribution in [1.82, 2.24) is 9.78 Å². The van der Waals surface area contributed by atoms with Gasteiger partial charge < -0.3 is 5.73 Å². The van der Waals surface area contributed by atoms with Gasteiger partial charge in [0, 0.05) is 30.1 Å². The average molecular weight is 381 g/mol. The van der Waals surface area contributed by atoms with Crippen molar-refractivity contribution in [3.63, 3.8) is 0 Å². The van der Waals surface area contributed by atoms with Gasteiger partial charge in [0.25, 0.3) is 5.91 Å². The topological polar surface area (TPSA) is 97.1 Å². The molecule has 0 aliphatic carbocycles. The molecule has 146 valence electrons. The van der Waals surface area contributed by atoms with Crippen LogP contribution >= 0.6 is 0 Å². The highest BCUT2D eigenvalue weighted by Crippen LogP contribution is 2.26. The van der Waals surface area contributed by atoms with Gasteiger partial charge in [0.15, 0.2) is 0 Å². The molecule has 1 aromatic heterocycles. The fraction of sp³-hybridized carbons (Fsp3) is 0.444. The largest absolute Gasteiger partial charge is 0.403 e. The minimum atomic E-state index is -4.27. The maximum atomic E-state index is 12.6. The number of hydrogen-bond acceptors (Lipinski definition) is 4. The number of amides is 1. The number of nitriles is 1. The second-order valence-corrected chi connectivity index (χ2v) is 6.25. The van der Waals surface area contributed by atoms with Crippen LogP contribution in [0.15, 0.2) is 34.7 Å². The van der Waals surface area contributed by atoms with Gasteiger partial charge in [-0.1, -0.05) is 13.8 Å². The van der Waals surface area contributed by atoms with E-state index < -0.39 is 18.5 Å². The number of halogens is 3. The highest BCUT2D eigenvalue weighted by atomic mass is 19.4. The van der Waals surface area contributed by atoms with E-state index in [0.29, 0.717) is 16.7 Å². The van der Waals surface area contributed by atoms with Gasteiger partial charge in [-0.05, 0) is 25.3 Å². The zero-order chi connectivity index (χ0) is 20.8. The molecule has 9 heteroatoms. The molecule has 0 unspecified atom stereocenters. The highest BCUT2D eigenvalue weighted by Gasteiger charge is 2.27. The molecule has 0 atom stereocenters. The van der Waals surface area contributed by atoms with Crippen LogP contribution in [-0.4, -0.2) is 27.6 Å². The molecular weight excluding hydrogens is 359 g/mol. The van der Waals surface area contributed by atoms with Crippen molar-refractivity contribution < 1.29 is 18.0 Å². The van der Waals surface area contributed by atoms with Gasteiger partial charge in [0.05, 0.1) is 23.9 Å². The van der Waals surface area contributed by atoms with E-state index in [4.69, 9.17) is 11.0 Å². The normalized spacial score (nSPS) is 14.2. The van der Waals surface area contributed by atoms with Crippen molar-refractivity contribution >= 4 is 17.2 Å². The third-order valence-electron chi connectivity index (χ3n) is 3.85. The molecule has 1 heterocycles. The van der Waals surface area contributed by atoms with Crippen LogP contribution in [0.4, 0.5) is 13.2 Å². The first-order chi connectivity index (χ1) is 12.5. The van der Waals surface area contributed by atoms with Crippen molar-refractivity contribution in [2.45, 2.75) is 46.8 Å². The molecule has 0 saturated carbocycles. The Kier molecular flexibility index (Phi) is 7.52. The molecule has 1 rings (SSSR count). The number of aryl methyl sites for hydroxylation is 1. The minimum absolute atomic E-state index is 0.0871. The first kappa shape index (κ1) is 22.2. The molecule has 0 aliphatic heterocycles. The summed E-state index contributed by atoms with van der Waals surface area (Å²) in [4.78, 5) is 16.5. The van der Waals surface area contributed by atoms with Gasteiger partial charge in [0.2, 0.25) is 0 Å². The van der Waals surface area contributed by atoms with Crippen LogP contribution in [0.1, 0.15) is 39.7 Å². The molecule has 1 amide bonds. The predicted molar refractivity (Wildman–Crippen MR) is 96.3 cm³/mol. The molecule has 6 nitrogen and oxygen atoms in total. The monoisotopic (exact) mass is 381 g/mol. The number of alkyl halides is 3. The van der Waals surface area contributed by atoms with Gasteiger partial charge in [0.1, 0.15) is 6.07 Å². The average Bonchev–Trinajstić information content (AvgIpc) is 3.02. The summed E-state index contributed by atoms with van der Waals surface area (Å²) in [6.45, 7) is 6.50. The van der Waals surface area contributed by atoms with E-state index in [2.05, 4.69) is 10.1 Å². The first-order valence-corrected chi connectivity index (χ1v) is 8.22. The number of hydrogen-bond donors (Lipinski definition) is 1. The Morgan fingerprint density at radius 3 is 2.56 bits per heavy atom. The Bertz CT molecular complexity index is 823. The van der Waals surface area contributed by atoms with E-state index in [-0.39, 0.29) is 23.7 Å². The summed E-state index contributed by atoms with van der Waals surface area (Å²) in [7, 11) is 0. The number of aromatic nitrogens is 2. The molecule has 0 bridgehead atoms. The summed E-state index contributed by atoms with van der Waals surface area (Å²) in [5.74, 6) is -0.724. The third-order valence-corrected chi connectivity index (χ3v) is 3.85. The molecule has 1 aromatic rings. The lowest BCUT2D eigenvalue weighted by Crippen LogP contribution is -2.12. The summed E-state index contributed by atoms with van der Waals surface area (Å²) < 4.78 is 38.2. The van der Waals surface area contributed by atoms with Crippen molar-refractivity contribution in [3.8, 4) is 6.07 Å². The molecule has 0 radical (unpaired) electrons. The third kappa shape index (κ3) is 6.40. The van der Waals surface area contributed by atoms with Gasteiger partial charge in [-0.15, -0.1) is 0 Å². The Hall–Kier alpha value is -2.89. The smallest absolute Gasteiger partial charge is 0.390 e. The molecule has 0 saturated heterocycles. The molecule has 0 aliphatic rings. The van der Waals surface area contributed by atoms with Crippen LogP contribution in [0.25, 0.3) is 5.57 Å². The first-order valence-electron chi connectivity index (χ1n) is 8.22. The van der Waals surface area contributed by atoms with Crippen LogP contribution < -0.4 is 5.73 Å². The predicted octanol–water partition coefficient (Wildman–Crippen LogP) is 3.62. The lowest BCUT2D eigenvalue weighted by molar-refractivity contribution is -0.137. The van der Waals surface area contributed by atoms with Gasteiger partial charge in [-0.2, -0.15) is 23.5 Å². The fourth-order valence-corrected chi connectivity index (χ4v) is 2.43. The summed E-state index contributed by atoms with van der Waals surface area (Å²) >= 11 is 0. The van der Waals surface area contributed by atoms with Gasteiger partial charge >= 0.3 is 6.18 Å². The lowest BCUT2D eigenvalue weighted by atomic mass is 9.94. The number of carbonyl (C=O) groups is 1. The number of carbonyl (C=O) groups excluding carboxylic acids is 1. The van der Waals surface area contributed by atoms with Crippen molar-refractivity contribution in [2.24, 2.45) is 16.6 Å². The minimum Gasteiger partial charge on any atom is -0.403 e. The van der Waals surface area contributed by atoms with Crippen molar-refractivity contribution in [2.75, 3.05) is 0 Å². The van der Waals surface area contributed by atoms with Gasteiger partial charge in [-0.25, -0.2) is 4.99 Å². The maximum Gasteiger partial charge on any atom is 0.390 e. The van der Waals surface area contributed by atoms with Crippen LogP contribution in [0, 0.1) is 17.2 Å². The summed E-state index contributed by atoms with van der Waals surface area (Å²) in [5, 5.41) is 12.9. The van der Waals surface area contributed by atoms with E-state index in [1.54, 1.807) is 20.8 Å². The molecular formula is C18H22F3N5O. The number of rotatable bonds is 6. The van der Waals surface area contributed by atoms with Crippen molar-refractivity contribution in [1.29, 1.82) is 5.26 Å². The van der Waals surface area contributed by atoms with Gasteiger partial charge in [-0.3, -0.25) is 9.48 Å². The van der Waals surface area contributed by atoms with Crippen molar-refractivity contribution in [3.05, 3.63) is 35.3 Å². The van der Waals surface area contributed by atoms with Crippen LogP contribution in [0.3, 0.4) is 0 Å². The molecule has 2 N–H and O–H groups in total. The van der Waals surface area contributed by atoms with E-state index in [0.717, 1.165) is 6.20 Å². The Morgan fingerprint density at radius 1 is 1.44 bits per heavy atom. The molecule has 0 aromatic carbocycles. The van der Waals surface area contributed by atoms with E-state index in [9.17, 15) is 18.0 Å². The summed E-state index contributed by atoms with van der Waals surface area (Å²) in [6, 6.07) is 1.85. The molecule has 0 fully saturated rings. The van der Waals surface area contributed by atoms with Crippen LogP contribution in [0.5, 0.6) is 0 Å². The highest BCUT2D eigenvalue weighted by molar-refractivity contribution is 6.12. The quantitative estimate of drug-likeness (QED) is 0.462. The van der Waals surface area contributed by atoms with E-state index in [1.807, 2.05) is 6.07 Å². The zero-order valence-electron chi connectivity index (χ0n) is 15.6. The van der Waals surface area contributed by atoms with Crippen LogP contribution in [-0.2, 0) is 11.3 Å². The number of nitrogens with two attached hydrogens (primary N) is 1. The Balaban J connectivity index is 3.20. The fourth-order valence-electron chi connectivity index (χ4n) is 2.43. The standard InChI is InChI=1S/C18H22F3N5O/c1-11(2)16(17(27)25-13(4)14(7-22)8-23)12(3)15-9-24-26(10-15)6-5-18(19,20)21/h7,9-11H,5-6,22H2,1-4H3. The second-order valence-electron chi connectivity index (χ2n) is 6.25. The lowest BCUT2D eigenvalue weighted by Gasteiger charge is -2.12. The number of aliphatic imine (C=N–C) groups is 1. The maximum absolute atomic E-state index is 12.6. The molecule has 0 spiro atoms. The summed E-state index contributed by atoms with van der Waals surface area (Å²) in [5.41, 5.74) is 7.10. The summed E-state index contributed by atoms with van der Waals surface area (Å²) in [6.07, 6.45) is -1.30. The van der Waals surface area contributed by atoms with Crippen LogP contribution in [0.2, 0.25) is 0 Å². The number of allylic oxidation sites excluding steroid dienone is 2. The SMILES string of the molecule is CC(=NC(=O)C(=C(C)c1cnn(CCC(F)(F)F)c1)C(C)C)C(C#N)=CN. The number of nitrogens with zero attached hydrogens (tertiary/aromatic N) is 4. The van der Waals surface area contributed by atoms with E-state index >= 15 is 0 Å². The zero-order valence-corrected chi connectivity index (χ0v) is 15.6. The van der Waals surface area contributed by atoms with E-state index in [1.165, 1.54) is 24.0 Å². The Morgan fingerprint density at radius 2 is 2.07 bits per heavy atom. The second kappa shape index (κ2) is 9.16. The molecule has 27 heavy (non-hydrogen) atoms. The Labute approximate surface area is 155 Å².